The molecule has 19 heavy (non-hydrogen) atoms. The van der Waals surface area contributed by atoms with Gasteiger partial charge < -0.3 is 9.64 Å². The van der Waals surface area contributed by atoms with Crippen molar-refractivity contribution >= 4 is 17.2 Å². The number of ether oxygens (including phenoxy) is 1. The molecule has 100 valence electrons. The van der Waals surface area contributed by atoms with Crippen LogP contribution in [0.4, 0.5) is 0 Å². The highest BCUT2D eigenvalue weighted by Crippen LogP contribution is 2.23. The van der Waals surface area contributed by atoms with Crippen LogP contribution in [0.25, 0.3) is 0 Å². The minimum atomic E-state index is 0.0470. The number of rotatable bonds is 5. The first-order chi connectivity index (χ1) is 9.24. The fraction of sp³-hybridized carbons (Fsp3) is 0.286. The van der Waals surface area contributed by atoms with Gasteiger partial charge in [0.15, 0.2) is 0 Å². The van der Waals surface area contributed by atoms with Crippen molar-refractivity contribution in [1.82, 2.24) is 9.88 Å². The minimum absolute atomic E-state index is 0.0470. The first-order valence-corrected chi connectivity index (χ1v) is 7.09. The maximum Gasteiger partial charge on any atom is 0.278 e. The second-order valence-electron chi connectivity index (χ2n) is 3.90. The first-order valence-electron chi connectivity index (χ1n) is 6.21. The summed E-state index contributed by atoms with van der Waals surface area (Å²) in [5.74, 6) is 0.733. The Labute approximate surface area is 116 Å². The first kappa shape index (κ1) is 13.5. The molecule has 0 radical (unpaired) electrons. The predicted octanol–water partition coefficient (Wildman–Crippen LogP) is 3.42. The molecule has 0 aliphatic rings. The summed E-state index contributed by atoms with van der Waals surface area (Å²) in [5, 5.41) is 2.45. The number of amides is 1. The van der Waals surface area contributed by atoms with Gasteiger partial charge in [0.05, 0.1) is 0 Å². The molecule has 4 nitrogen and oxygen atoms in total. The minimum Gasteiger partial charge on any atom is -0.431 e. The molecule has 1 amide bonds. The van der Waals surface area contributed by atoms with Gasteiger partial charge in [-0.3, -0.25) is 4.79 Å². The Bertz CT molecular complexity index is 519. The van der Waals surface area contributed by atoms with Gasteiger partial charge in [-0.05, 0) is 38.1 Å². The molecule has 0 fully saturated rings. The lowest BCUT2D eigenvalue weighted by Gasteiger charge is -2.18. The molecular weight excluding hydrogens is 260 g/mol. The van der Waals surface area contributed by atoms with Crippen LogP contribution in [-0.4, -0.2) is 28.9 Å². The highest BCUT2D eigenvalue weighted by molar-refractivity contribution is 7.11. The molecule has 0 bridgehead atoms. The van der Waals surface area contributed by atoms with E-state index in [0.717, 1.165) is 0 Å². The lowest BCUT2D eigenvalue weighted by atomic mass is 10.2. The van der Waals surface area contributed by atoms with Gasteiger partial charge in [0.1, 0.15) is 5.75 Å². The predicted molar refractivity (Wildman–Crippen MR) is 75.9 cm³/mol. The zero-order chi connectivity index (χ0) is 13.7. The molecule has 5 heteroatoms. The summed E-state index contributed by atoms with van der Waals surface area (Å²) in [6.07, 6.45) is 1.69. The Morgan fingerprint density at radius 2 is 1.95 bits per heavy atom. The number of hydrogen-bond acceptors (Lipinski definition) is 4. The van der Waals surface area contributed by atoms with E-state index in [1.807, 2.05) is 19.2 Å². The summed E-state index contributed by atoms with van der Waals surface area (Å²) in [5.41, 5.74) is 0.676. The maximum atomic E-state index is 12.1. The smallest absolute Gasteiger partial charge is 0.278 e. The van der Waals surface area contributed by atoms with Crippen molar-refractivity contribution in [1.29, 1.82) is 0 Å². The van der Waals surface area contributed by atoms with Crippen LogP contribution in [0.1, 0.15) is 24.2 Å². The van der Waals surface area contributed by atoms with E-state index in [1.165, 1.54) is 11.3 Å². The molecule has 0 saturated heterocycles. The average Bonchev–Trinajstić information content (AvgIpc) is 2.94. The number of nitrogens with zero attached hydrogens (tertiary/aromatic N) is 2. The van der Waals surface area contributed by atoms with E-state index < -0.39 is 0 Å². The van der Waals surface area contributed by atoms with Crippen molar-refractivity contribution in [3.8, 4) is 10.9 Å². The van der Waals surface area contributed by atoms with Crippen molar-refractivity contribution in [3.63, 3.8) is 0 Å². The van der Waals surface area contributed by atoms with Crippen molar-refractivity contribution in [3.05, 3.63) is 41.4 Å². The van der Waals surface area contributed by atoms with E-state index in [9.17, 15) is 4.79 Å². The van der Waals surface area contributed by atoms with Crippen LogP contribution in [-0.2, 0) is 0 Å². The van der Waals surface area contributed by atoms with Crippen LogP contribution in [0, 0.1) is 0 Å². The van der Waals surface area contributed by atoms with Gasteiger partial charge in [0, 0.05) is 30.2 Å². The van der Waals surface area contributed by atoms with E-state index >= 15 is 0 Å². The zero-order valence-corrected chi connectivity index (χ0v) is 11.8. The largest absolute Gasteiger partial charge is 0.431 e. The molecular formula is C14H16N2O2S. The van der Waals surface area contributed by atoms with Gasteiger partial charge in [0.2, 0.25) is 0 Å². The van der Waals surface area contributed by atoms with E-state index in [-0.39, 0.29) is 5.91 Å². The quantitative estimate of drug-likeness (QED) is 0.840. The Hall–Kier alpha value is -1.88. The van der Waals surface area contributed by atoms with Crippen LogP contribution in [0.5, 0.6) is 10.9 Å². The SMILES string of the molecule is CCN(CC)C(=O)c1ccc(Oc2nccs2)cc1. The van der Waals surface area contributed by atoms with Crippen LogP contribution in [0.2, 0.25) is 0 Å². The molecule has 2 aromatic rings. The van der Waals surface area contributed by atoms with Gasteiger partial charge in [-0.2, -0.15) is 0 Å². The van der Waals surface area contributed by atoms with Crippen LogP contribution >= 0.6 is 11.3 Å². The van der Waals surface area contributed by atoms with Crippen molar-refractivity contribution in [2.75, 3.05) is 13.1 Å². The van der Waals surface area contributed by atoms with Crippen molar-refractivity contribution in [2.45, 2.75) is 13.8 Å². The summed E-state index contributed by atoms with van der Waals surface area (Å²) in [7, 11) is 0. The molecule has 0 atom stereocenters. The molecule has 1 aromatic heterocycles. The Kier molecular flexibility index (Phi) is 4.52. The average molecular weight is 276 g/mol. The van der Waals surface area contributed by atoms with Crippen LogP contribution < -0.4 is 4.74 Å². The normalized spacial score (nSPS) is 10.2. The highest BCUT2D eigenvalue weighted by atomic mass is 32.1. The fourth-order valence-corrected chi connectivity index (χ4v) is 2.22. The van der Waals surface area contributed by atoms with E-state index in [1.54, 1.807) is 35.4 Å². The van der Waals surface area contributed by atoms with E-state index in [0.29, 0.717) is 29.6 Å². The molecule has 0 N–H and O–H groups in total. The third kappa shape index (κ3) is 3.32. The number of benzene rings is 1. The number of aromatic nitrogens is 1. The number of carbonyl (C=O) groups is 1. The summed E-state index contributed by atoms with van der Waals surface area (Å²) < 4.78 is 5.55. The van der Waals surface area contributed by atoms with Gasteiger partial charge in [-0.1, -0.05) is 11.3 Å². The third-order valence-electron chi connectivity index (χ3n) is 2.77. The Balaban J connectivity index is 2.07. The molecule has 1 aromatic carbocycles. The molecule has 0 spiro atoms. The van der Waals surface area contributed by atoms with E-state index in [2.05, 4.69) is 4.98 Å². The molecule has 0 unspecified atom stereocenters. The van der Waals surface area contributed by atoms with Crippen LogP contribution in [0.15, 0.2) is 35.8 Å². The van der Waals surface area contributed by atoms with Gasteiger partial charge in [-0.25, -0.2) is 4.98 Å². The Morgan fingerprint density at radius 3 is 2.47 bits per heavy atom. The molecule has 1 heterocycles. The zero-order valence-electron chi connectivity index (χ0n) is 11.0. The number of hydrogen-bond donors (Lipinski definition) is 0. The highest BCUT2D eigenvalue weighted by Gasteiger charge is 2.12. The van der Waals surface area contributed by atoms with Gasteiger partial charge >= 0.3 is 0 Å². The van der Waals surface area contributed by atoms with Crippen LogP contribution in [0.3, 0.4) is 0 Å². The fourth-order valence-electron chi connectivity index (χ4n) is 1.72. The topological polar surface area (TPSA) is 42.4 Å². The molecule has 0 aliphatic carbocycles. The summed E-state index contributed by atoms with van der Waals surface area (Å²) in [6.45, 7) is 5.38. The lowest BCUT2D eigenvalue weighted by molar-refractivity contribution is 0.0773. The van der Waals surface area contributed by atoms with E-state index in [4.69, 9.17) is 4.74 Å². The van der Waals surface area contributed by atoms with Crippen molar-refractivity contribution < 1.29 is 9.53 Å². The number of carbonyl (C=O) groups excluding carboxylic acids is 1. The molecule has 2 rings (SSSR count). The molecule has 0 aliphatic heterocycles. The monoisotopic (exact) mass is 276 g/mol. The molecule has 0 saturated carbocycles. The van der Waals surface area contributed by atoms with Gasteiger partial charge in [0.25, 0.3) is 11.1 Å². The second kappa shape index (κ2) is 6.33. The summed E-state index contributed by atoms with van der Waals surface area (Å²) in [6, 6.07) is 7.14. The lowest BCUT2D eigenvalue weighted by Crippen LogP contribution is -2.30. The summed E-state index contributed by atoms with van der Waals surface area (Å²) >= 11 is 1.43. The van der Waals surface area contributed by atoms with Gasteiger partial charge in [-0.15, -0.1) is 0 Å². The second-order valence-corrected chi connectivity index (χ2v) is 4.76. The van der Waals surface area contributed by atoms with Crippen molar-refractivity contribution in [2.24, 2.45) is 0 Å². The Morgan fingerprint density at radius 1 is 1.26 bits per heavy atom. The summed E-state index contributed by atoms with van der Waals surface area (Å²) in [4.78, 5) is 17.9. The third-order valence-corrected chi connectivity index (χ3v) is 3.41. The maximum absolute atomic E-state index is 12.1. The number of thiazole rings is 1. The standard InChI is InChI=1S/C14H16N2O2S/c1-3-16(4-2)13(17)11-5-7-12(8-6-11)18-14-15-9-10-19-14/h5-10H,3-4H2,1-2H3.